The van der Waals surface area contributed by atoms with E-state index in [9.17, 15) is 0 Å². The van der Waals surface area contributed by atoms with Gasteiger partial charge in [0.25, 0.3) is 0 Å². The molecule has 12 heavy (non-hydrogen) atoms. The maximum atomic E-state index is 5.95. The zero-order valence-electron chi connectivity index (χ0n) is 6.05. The normalized spacial score (nSPS) is 10.8. The van der Waals surface area contributed by atoms with Gasteiger partial charge >= 0.3 is 0 Å². The largest absolute Gasteiger partial charge is 0.255 e. The summed E-state index contributed by atoms with van der Waals surface area (Å²) in [6.45, 7) is 0. The maximum Gasteiger partial charge on any atom is 0.0828 e. The van der Waals surface area contributed by atoms with Gasteiger partial charge in [-0.25, -0.2) is 0 Å². The maximum absolute atomic E-state index is 5.95. The summed E-state index contributed by atoms with van der Waals surface area (Å²) in [5.41, 5.74) is 0.933. The Balaban J connectivity index is 2.74. The highest BCUT2D eigenvalue weighted by Gasteiger charge is 2.04. The summed E-state index contributed by atoms with van der Waals surface area (Å²) in [6, 6.07) is 3.76. The molecule has 0 amide bonds. The second-order valence-electron chi connectivity index (χ2n) is 2.35. The molecule has 0 aliphatic carbocycles. The molecule has 0 saturated heterocycles. The van der Waals surface area contributed by atoms with Crippen LogP contribution in [-0.4, -0.2) is 4.98 Å². The van der Waals surface area contributed by atoms with E-state index in [4.69, 9.17) is 23.2 Å². The van der Waals surface area contributed by atoms with E-state index in [0.29, 0.717) is 5.88 Å². The first-order valence-corrected chi connectivity index (χ1v) is 5.13. The fourth-order valence-electron chi connectivity index (χ4n) is 1.02. The van der Waals surface area contributed by atoms with E-state index in [1.807, 2.05) is 6.07 Å². The lowest BCUT2D eigenvalue weighted by molar-refractivity contribution is 1.42. The number of thiophene rings is 1. The molecule has 0 atom stereocenters. The van der Waals surface area contributed by atoms with E-state index in [1.165, 1.54) is 0 Å². The van der Waals surface area contributed by atoms with Gasteiger partial charge < -0.3 is 0 Å². The van der Waals surface area contributed by atoms with Crippen LogP contribution >= 0.6 is 34.5 Å². The first-order valence-electron chi connectivity index (χ1n) is 3.40. The minimum Gasteiger partial charge on any atom is -0.255 e. The van der Waals surface area contributed by atoms with Crippen molar-refractivity contribution in [3.8, 4) is 0 Å². The fourth-order valence-corrected chi connectivity index (χ4v) is 2.40. The van der Waals surface area contributed by atoms with Gasteiger partial charge in [-0.15, -0.1) is 22.9 Å². The number of halogens is 2. The van der Waals surface area contributed by atoms with E-state index in [2.05, 4.69) is 4.98 Å². The predicted octanol–water partition coefficient (Wildman–Crippen LogP) is 3.69. The van der Waals surface area contributed by atoms with Crippen LogP contribution in [-0.2, 0) is 5.88 Å². The van der Waals surface area contributed by atoms with Crippen LogP contribution in [0.2, 0.25) is 5.02 Å². The molecule has 62 valence electrons. The highest BCUT2D eigenvalue weighted by Crippen LogP contribution is 2.30. The first-order chi connectivity index (χ1) is 5.81. The lowest BCUT2D eigenvalue weighted by Gasteiger charge is -1.88. The Kier molecular flexibility index (Phi) is 2.22. The molecule has 0 radical (unpaired) electrons. The highest BCUT2D eigenvalue weighted by atomic mass is 35.5. The quantitative estimate of drug-likeness (QED) is 0.665. The van der Waals surface area contributed by atoms with Crippen LogP contribution in [0.15, 0.2) is 18.3 Å². The van der Waals surface area contributed by atoms with Crippen LogP contribution < -0.4 is 0 Å². The van der Waals surface area contributed by atoms with Crippen LogP contribution in [0.1, 0.15) is 4.88 Å². The van der Waals surface area contributed by atoms with Crippen LogP contribution in [0.5, 0.6) is 0 Å². The Morgan fingerprint density at radius 1 is 1.50 bits per heavy atom. The minimum absolute atomic E-state index is 0.525. The average molecular weight is 218 g/mol. The van der Waals surface area contributed by atoms with Crippen molar-refractivity contribution in [2.75, 3.05) is 0 Å². The highest BCUT2D eigenvalue weighted by molar-refractivity contribution is 7.19. The van der Waals surface area contributed by atoms with E-state index in [1.54, 1.807) is 23.6 Å². The Bertz CT molecular complexity index is 410. The third-order valence-corrected chi connectivity index (χ3v) is 3.58. The molecule has 0 aliphatic heterocycles. The number of rotatable bonds is 1. The smallest absolute Gasteiger partial charge is 0.0828 e. The molecule has 0 aliphatic rings. The summed E-state index contributed by atoms with van der Waals surface area (Å²) in [7, 11) is 0. The zero-order chi connectivity index (χ0) is 8.55. The van der Waals surface area contributed by atoms with E-state index in [-0.39, 0.29) is 0 Å². The molecule has 1 nitrogen and oxygen atoms in total. The lowest BCUT2D eigenvalue weighted by Crippen LogP contribution is -1.70. The number of nitrogens with zero attached hydrogens (tertiary/aromatic N) is 1. The number of aromatic nitrogens is 1. The summed E-state index contributed by atoms with van der Waals surface area (Å²) >= 11 is 13.2. The monoisotopic (exact) mass is 217 g/mol. The topological polar surface area (TPSA) is 12.9 Å². The molecule has 0 aromatic carbocycles. The molecule has 0 N–H and O–H groups in total. The molecule has 0 bridgehead atoms. The second kappa shape index (κ2) is 3.21. The molecule has 0 unspecified atom stereocenters. The van der Waals surface area contributed by atoms with Gasteiger partial charge in [-0.3, -0.25) is 4.98 Å². The summed E-state index contributed by atoms with van der Waals surface area (Å²) < 4.78 is 1.02. The molecular weight excluding hydrogens is 213 g/mol. The van der Waals surface area contributed by atoms with E-state index in [0.717, 1.165) is 20.1 Å². The molecule has 4 heteroatoms. The van der Waals surface area contributed by atoms with Gasteiger partial charge in [-0.05, 0) is 12.1 Å². The summed E-state index contributed by atoms with van der Waals surface area (Å²) in [4.78, 5) is 5.28. The van der Waals surface area contributed by atoms with Gasteiger partial charge in [0.15, 0.2) is 0 Å². The van der Waals surface area contributed by atoms with Crippen LogP contribution in [0, 0.1) is 0 Å². The molecular formula is C8H5Cl2NS. The van der Waals surface area contributed by atoms with Crippen LogP contribution in [0.25, 0.3) is 10.2 Å². The van der Waals surface area contributed by atoms with Crippen molar-refractivity contribution in [3.05, 3.63) is 28.2 Å². The van der Waals surface area contributed by atoms with Gasteiger partial charge in [0.05, 0.1) is 21.1 Å². The lowest BCUT2D eigenvalue weighted by atomic mass is 10.4. The molecule has 2 aromatic rings. The molecule has 2 rings (SSSR count). The number of hydrogen-bond donors (Lipinski definition) is 0. The van der Waals surface area contributed by atoms with Crippen molar-refractivity contribution in [3.63, 3.8) is 0 Å². The Labute approximate surface area is 83.9 Å². The SMILES string of the molecule is ClCc1cc2nccc(Cl)c2s1. The Morgan fingerprint density at radius 3 is 3.00 bits per heavy atom. The number of alkyl halides is 1. The van der Waals surface area contributed by atoms with Gasteiger partial charge in [0.2, 0.25) is 0 Å². The molecule has 0 fully saturated rings. The van der Waals surface area contributed by atoms with Gasteiger partial charge in [-0.1, -0.05) is 11.6 Å². The van der Waals surface area contributed by atoms with Crippen molar-refractivity contribution >= 4 is 44.8 Å². The number of pyridine rings is 1. The minimum atomic E-state index is 0.525. The predicted molar refractivity (Wildman–Crippen MR) is 54.2 cm³/mol. The molecule has 2 aromatic heterocycles. The first kappa shape index (κ1) is 8.30. The summed E-state index contributed by atoms with van der Waals surface area (Å²) in [5.74, 6) is 0.525. The molecule has 2 heterocycles. The third kappa shape index (κ3) is 1.30. The molecule has 0 spiro atoms. The standard InChI is InChI=1S/C8H5Cl2NS/c9-4-5-3-7-8(12-5)6(10)1-2-11-7/h1-3H,4H2. The second-order valence-corrected chi connectivity index (χ2v) is 4.16. The van der Waals surface area contributed by atoms with Gasteiger partial charge in [0.1, 0.15) is 0 Å². The zero-order valence-corrected chi connectivity index (χ0v) is 8.38. The van der Waals surface area contributed by atoms with Gasteiger partial charge in [0, 0.05) is 11.1 Å². The fraction of sp³-hybridized carbons (Fsp3) is 0.125. The molecule has 0 saturated carbocycles. The number of fused-ring (bicyclic) bond motifs is 1. The Hall–Kier alpha value is -0.310. The van der Waals surface area contributed by atoms with Crippen LogP contribution in [0.3, 0.4) is 0 Å². The van der Waals surface area contributed by atoms with Gasteiger partial charge in [-0.2, -0.15) is 0 Å². The van der Waals surface area contributed by atoms with Crippen molar-refractivity contribution in [1.82, 2.24) is 4.98 Å². The summed E-state index contributed by atoms with van der Waals surface area (Å²) in [6.07, 6.45) is 1.70. The Morgan fingerprint density at radius 2 is 2.33 bits per heavy atom. The van der Waals surface area contributed by atoms with Crippen LogP contribution in [0.4, 0.5) is 0 Å². The number of hydrogen-bond acceptors (Lipinski definition) is 2. The van der Waals surface area contributed by atoms with Crippen molar-refractivity contribution in [1.29, 1.82) is 0 Å². The van der Waals surface area contributed by atoms with E-state index >= 15 is 0 Å². The van der Waals surface area contributed by atoms with Crippen molar-refractivity contribution in [2.45, 2.75) is 5.88 Å². The van der Waals surface area contributed by atoms with Crippen molar-refractivity contribution < 1.29 is 0 Å². The average Bonchev–Trinajstić information content (AvgIpc) is 2.49. The van der Waals surface area contributed by atoms with Crippen molar-refractivity contribution in [2.24, 2.45) is 0 Å². The third-order valence-electron chi connectivity index (χ3n) is 1.55. The summed E-state index contributed by atoms with van der Waals surface area (Å²) in [5, 5.41) is 0.751. The van der Waals surface area contributed by atoms with E-state index < -0.39 is 0 Å².